The number of methoxy groups -OCH3 is 2. The van der Waals surface area contributed by atoms with Crippen LogP contribution in [0.1, 0.15) is 13.3 Å². The lowest BCUT2D eigenvalue weighted by atomic mass is 10.3. The Morgan fingerprint density at radius 3 is 2.85 bits per heavy atom. The van der Waals surface area contributed by atoms with E-state index in [-0.39, 0.29) is 11.2 Å². The van der Waals surface area contributed by atoms with Crippen molar-refractivity contribution >= 4 is 23.4 Å². The summed E-state index contributed by atoms with van der Waals surface area (Å²) in [6, 6.07) is 5.42. The first kappa shape index (κ1) is 16.7. The Morgan fingerprint density at radius 1 is 1.45 bits per heavy atom. The second-order valence-electron chi connectivity index (χ2n) is 4.30. The monoisotopic (exact) mass is 298 g/mol. The number of thioether (sulfide) groups is 1. The number of nitrogens with one attached hydrogen (secondary N) is 1. The Balaban J connectivity index is 2.52. The topological polar surface area (TPSA) is 73.6 Å². The molecule has 6 heteroatoms. The van der Waals surface area contributed by atoms with E-state index >= 15 is 0 Å². The number of nitrogens with two attached hydrogens (primary N) is 1. The summed E-state index contributed by atoms with van der Waals surface area (Å²) in [5.74, 6) is 0.725. The van der Waals surface area contributed by atoms with E-state index in [9.17, 15) is 4.79 Å². The van der Waals surface area contributed by atoms with Gasteiger partial charge in [-0.3, -0.25) is 4.79 Å². The molecule has 0 fully saturated rings. The fourth-order valence-corrected chi connectivity index (χ4v) is 2.52. The maximum absolute atomic E-state index is 11.9. The average molecular weight is 298 g/mol. The van der Waals surface area contributed by atoms with Crippen molar-refractivity contribution in [2.24, 2.45) is 0 Å². The molecule has 5 nitrogen and oxygen atoms in total. The van der Waals surface area contributed by atoms with Crippen LogP contribution in [0.15, 0.2) is 23.1 Å². The maximum atomic E-state index is 11.9. The molecule has 1 rings (SSSR count). The molecule has 1 unspecified atom stereocenters. The normalized spacial score (nSPS) is 11.9. The summed E-state index contributed by atoms with van der Waals surface area (Å²) in [4.78, 5) is 12.8. The molecule has 0 spiro atoms. The summed E-state index contributed by atoms with van der Waals surface area (Å²) < 4.78 is 10.1. The van der Waals surface area contributed by atoms with E-state index in [0.29, 0.717) is 18.8 Å². The molecule has 0 heterocycles. The van der Waals surface area contributed by atoms with Gasteiger partial charge in [-0.2, -0.15) is 0 Å². The number of amides is 1. The zero-order valence-corrected chi connectivity index (χ0v) is 13.0. The summed E-state index contributed by atoms with van der Waals surface area (Å²) >= 11 is 1.42. The van der Waals surface area contributed by atoms with Gasteiger partial charge in [-0.15, -0.1) is 11.8 Å². The minimum atomic E-state index is -0.216. The van der Waals surface area contributed by atoms with Crippen LogP contribution < -0.4 is 15.8 Å². The van der Waals surface area contributed by atoms with E-state index in [4.69, 9.17) is 15.2 Å². The number of carbonyl (C=O) groups excluding carboxylic acids is 1. The van der Waals surface area contributed by atoms with Crippen molar-refractivity contribution in [3.63, 3.8) is 0 Å². The summed E-state index contributed by atoms with van der Waals surface area (Å²) in [5.41, 5.74) is 6.56. The molecular formula is C14H22N2O3S. The highest BCUT2D eigenvalue weighted by atomic mass is 32.2. The molecule has 0 bridgehead atoms. The summed E-state index contributed by atoms with van der Waals surface area (Å²) in [5, 5.41) is 2.66. The molecule has 1 aromatic rings. The second kappa shape index (κ2) is 8.71. The third kappa shape index (κ3) is 5.30. The van der Waals surface area contributed by atoms with Crippen molar-refractivity contribution in [2.75, 3.05) is 33.1 Å². The van der Waals surface area contributed by atoms with Crippen molar-refractivity contribution in [1.29, 1.82) is 0 Å². The van der Waals surface area contributed by atoms with Crippen LogP contribution in [0, 0.1) is 0 Å². The first-order valence-electron chi connectivity index (χ1n) is 6.45. The highest BCUT2D eigenvalue weighted by molar-refractivity contribution is 8.00. The number of hydrogen-bond acceptors (Lipinski definition) is 5. The Labute approximate surface area is 124 Å². The molecule has 0 aliphatic carbocycles. The quantitative estimate of drug-likeness (QED) is 0.436. The number of rotatable bonds is 8. The molecule has 0 saturated heterocycles. The van der Waals surface area contributed by atoms with Gasteiger partial charge in [0.15, 0.2) is 0 Å². The van der Waals surface area contributed by atoms with Crippen LogP contribution in [0.5, 0.6) is 5.75 Å². The largest absolute Gasteiger partial charge is 0.497 e. The molecule has 0 aromatic heterocycles. The Kier molecular flexibility index (Phi) is 7.25. The van der Waals surface area contributed by atoms with Gasteiger partial charge in [0.1, 0.15) is 5.75 Å². The highest BCUT2D eigenvalue weighted by Gasteiger charge is 2.15. The van der Waals surface area contributed by atoms with Crippen LogP contribution in [0.25, 0.3) is 0 Å². The van der Waals surface area contributed by atoms with Gasteiger partial charge >= 0.3 is 0 Å². The number of ether oxygens (including phenoxy) is 2. The minimum Gasteiger partial charge on any atom is -0.497 e. The van der Waals surface area contributed by atoms with Crippen LogP contribution >= 0.6 is 11.8 Å². The van der Waals surface area contributed by atoms with Gasteiger partial charge in [0.25, 0.3) is 0 Å². The summed E-state index contributed by atoms with van der Waals surface area (Å²) in [7, 11) is 3.25. The smallest absolute Gasteiger partial charge is 0.233 e. The number of hydrogen-bond donors (Lipinski definition) is 2. The third-order valence-corrected chi connectivity index (χ3v) is 3.89. The number of benzene rings is 1. The summed E-state index contributed by atoms with van der Waals surface area (Å²) in [6.07, 6.45) is 0.806. The molecule has 1 amide bonds. The predicted octanol–water partition coefficient (Wildman–Crippen LogP) is 1.91. The molecule has 1 aromatic carbocycles. The first-order valence-corrected chi connectivity index (χ1v) is 7.33. The van der Waals surface area contributed by atoms with Crippen LogP contribution in [-0.4, -0.2) is 38.5 Å². The van der Waals surface area contributed by atoms with Gasteiger partial charge < -0.3 is 20.5 Å². The van der Waals surface area contributed by atoms with Crippen LogP contribution in [-0.2, 0) is 9.53 Å². The fraction of sp³-hybridized carbons (Fsp3) is 0.500. The van der Waals surface area contributed by atoms with Crippen molar-refractivity contribution in [3.05, 3.63) is 18.2 Å². The lowest BCUT2D eigenvalue weighted by Crippen LogP contribution is -2.32. The number of anilines is 1. The van der Waals surface area contributed by atoms with Gasteiger partial charge in [-0.25, -0.2) is 0 Å². The zero-order valence-electron chi connectivity index (χ0n) is 12.1. The number of carbonyl (C=O) groups is 1. The fourth-order valence-electron chi connectivity index (χ4n) is 1.56. The van der Waals surface area contributed by atoms with E-state index < -0.39 is 0 Å². The van der Waals surface area contributed by atoms with Gasteiger partial charge in [0.05, 0.1) is 12.4 Å². The second-order valence-corrected chi connectivity index (χ2v) is 5.68. The van der Waals surface area contributed by atoms with Crippen LogP contribution in [0.4, 0.5) is 5.69 Å². The molecule has 0 radical (unpaired) electrons. The minimum absolute atomic E-state index is 0.00618. The van der Waals surface area contributed by atoms with E-state index in [0.717, 1.165) is 17.1 Å². The van der Waals surface area contributed by atoms with Gasteiger partial charge in [-0.1, -0.05) is 0 Å². The molecule has 0 aliphatic heterocycles. The standard InChI is InChI=1S/C14H22N2O3S/c1-10(14(17)16-7-4-8-18-2)20-13-9-11(19-3)5-6-12(13)15/h5-6,9-10H,4,7-8,15H2,1-3H3,(H,16,17). The average Bonchev–Trinajstić information content (AvgIpc) is 2.45. The highest BCUT2D eigenvalue weighted by Crippen LogP contribution is 2.32. The Bertz CT molecular complexity index is 440. The molecule has 3 N–H and O–H groups in total. The van der Waals surface area contributed by atoms with Crippen LogP contribution in [0.2, 0.25) is 0 Å². The van der Waals surface area contributed by atoms with Crippen molar-refractivity contribution in [3.8, 4) is 5.75 Å². The Hall–Kier alpha value is -1.40. The van der Waals surface area contributed by atoms with E-state index in [1.807, 2.05) is 13.0 Å². The lowest BCUT2D eigenvalue weighted by molar-refractivity contribution is -0.120. The van der Waals surface area contributed by atoms with Gasteiger partial charge in [0.2, 0.25) is 5.91 Å². The predicted molar refractivity (Wildman–Crippen MR) is 82.2 cm³/mol. The number of nitrogen functional groups attached to an aromatic ring is 1. The maximum Gasteiger partial charge on any atom is 0.233 e. The van der Waals surface area contributed by atoms with Crippen molar-refractivity contribution in [2.45, 2.75) is 23.5 Å². The van der Waals surface area contributed by atoms with Crippen LogP contribution in [0.3, 0.4) is 0 Å². The zero-order chi connectivity index (χ0) is 15.0. The van der Waals surface area contributed by atoms with Gasteiger partial charge in [-0.05, 0) is 31.5 Å². The molecule has 1 atom stereocenters. The van der Waals surface area contributed by atoms with Crippen molar-refractivity contribution in [1.82, 2.24) is 5.32 Å². The van der Waals surface area contributed by atoms with E-state index in [1.54, 1.807) is 26.4 Å². The third-order valence-electron chi connectivity index (χ3n) is 2.72. The van der Waals surface area contributed by atoms with E-state index in [2.05, 4.69) is 5.32 Å². The lowest BCUT2D eigenvalue weighted by Gasteiger charge is -2.14. The molecule has 0 saturated carbocycles. The van der Waals surface area contributed by atoms with E-state index in [1.165, 1.54) is 11.8 Å². The Morgan fingerprint density at radius 2 is 2.20 bits per heavy atom. The van der Waals surface area contributed by atoms with Crippen molar-refractivity contribution < 1.29 is 14.3 Å². The SMILES string of the molecule is COCCCNC(=O)C(C)Sc1cc(OC)ccc1N. The molecule has 20 heavy (non-hydrogen) atoms. The summed E-state index contributed by atoms with van der Waals surface area (Å²) in [6.45, 7) is 3.12. The van der Waals surface area contributed by atoms with Gasteiger partial charge in [0, 0.05) is 30.8 Å². The first-order chi connectivity index (χ1) is 9.58. The molecule has 0 aliphatic rings. The molecular weight excluding hydrogens is 276 g/mol. The molecule has 112 valence electrons.